The normalized spacial score (nSPS) is 17.2. The summed E-state index contributed by atoms with van der Waals surface area (Å²) in [5, 5.41) is 2.87. The first-order chi connectivity index (χ1) is 11.5. The van der Waals surface area contributed by atoms with Crippen molar-refractivity contribution in [2.45, 2.75) is 45.3 Å². The van der Waals surface area contributed by atoms with E-state index in [-0.39, 0.29) is 17.9 Å². The van der Waals surface area contributed by atoms with Gasteiger partial charge in [0.25, 0.3) is 0 Å². The molecule has 1 fully saturated rings. The second kappa shape index (κ2) is 8.68. The highest BCUT2D eigenvalue weighted by atomic mass is 16.5. The second-order valence-corrected chi connectivity index (χ2v) is 6.13. The quantitative estimate of drug-likeness (QED) is 0.831. The van der Waals surface area contributed by atoms with Crippen molar-refractivity contribution < 1.29 is 19.1 Å². The first-order valence-electron chi connectivity index (χ1n) is 8.37. The lowest BCUT2D eigenvalue weighted by Gasteiger charge is -2.24. The van der Waals surface area contributed by atoms with E-state index in [1.807, 2.05) is 13.8 Å². The molecule has 24 heavy (non-hydrogen) atoms. The summed E-state index contributed by atoms with van der Waals surface area (Å²) in [5.74, 6) is 0.564. The van der Waals surface area contributed by atoms with Gasteiger partial charge in [-0.15, -0.1) is 0 Å². The van der Waals surface area contributed by atoms with Crippen LogP contribution in [0.25, 0.3) is 0 Å². The molecule has 0 spiro atoms. The summed E-state index contributed by atoms with van der Waals surface area (Å²) >= 11 is 0. The number of nitrogens with one attached hydrogen (secondary N) is 1. The molecule has 0 radical (unpaired) electrons. The topological polar surface area (TPSA) is 67.9 Å². The molecule has 6 heteroatoms. The number of hydrogen-bond acceptors (Lipinski definition) is 4. The van der Waals surface area contributed by atoms with Crippen LogP contribution in [0.15, 0.2) is 24.3 Å². The fourth-order valence-electron chi connectivity index (χ4n) is 2.76. The van der Waals surface area contributed by atoms with Gasteiger partial charge in [0.05, 0.1) is 26.2 Å². The zero-order chi connectivity index (χ0) is 17.5. The highest BCUT2D eigenvalue weighted by molar-refractivity contribution is 5.97. The van der Waals surface area contributed by atoms with Crippen LogP contribution < -0.4 is 10.1 Å². The Bertz CT molecular complexity index is 557. The molecule has 1 heterocycles. The van der Waals surface area contributed by atoms with Gasteiger partial charge in [-0.3, -0.25) is 9.59 Å². The maximum Gasteiger partial charge on any atom is 0.247 e. The third kappa shape index (κ3) is 4.96. The van der Waals surface area contributed by atoms with Gasteiger partial charge in [-0.25, -0.2) is 0 Å². The van der Waals surface area contributed by atoms with E-state index in [0.717, 1.165) is 12.2 Å². The van der Waals surface area contributed by atoms with Crippen LogP contribution in [0.5, 0.6) is 5.75 Å². The number of nitrogens with zero attached hydrogens (tertiary/aromatic N) is 1. The summed E-state index contributed by atoms with van der Waals surface area (Å²) in [6.07, 6.45) is 1.95. The van der Waals surface area contributed by atoms with E-state index in [0.29, 0.717) is 31.7 Å². The van der Waals surface area contributed by atoms with Crippen LogP contribution in [0, 0.1) is 0 Å². The first-order valence-corrected chi connectivity index (χ1v) is 8.37. The monoisotopic (exact) mass is 334 g/mol. The summed E-state index contributed by atoms with van der Waals surface area (Å²) < 4.78 is 10.5. The van der Waals surface area contributed by atoms with Gasteiger partial charge in [-0.2, -0.15) is 0 Å². The van der Waals surface area contributed by atoms with Gasteiger partial charge in [0.2, 0.25) is 11.8 Å². The lowest BCUT2D eigenvalue weighted by atomic mass is 10.2. The van der Waals surface area contributed by atoms with Gasteiger partial charge >= 0.3 is 0 Å². The third-order valence-corrected chi connectivity index (χ3v) is 4.00. The maximum atomic E-state index is 12.5. The predicted molar refractivity (Wildman–Crippen MR) is 92.1 cm³/mol. The van der Waals surface area contributed by atoms with Crippen molar-refractivity contribution in [3.63, 3.8) is 0 Å². The number of methoxy groups -OCH3 is 1. The Morgan fingerprint density at radius 1 is 1.29 bits per heavy atom. The van der Waals surface area contributed by atoms with E-state index >= 15 is 0 Å². The first kappa shape index (κ1) is 18.3. The summed E-state index contributed by atoms with van der Waals surface area (Å²) in [5.41, 5.74) is 0.697. The Morgan fingerprint density at radius 3 is 2.62 bits per heavy atom. The van der Waals surface area contributed by atoms with Crippen LogP contribution in [0.3, 0.4) is 0 Å². The van der Waals surface area contributed by atoms with E-state index in [2.05, 4.69) is 5.32 Å². The Kier molecular flexibility index (Phi) is 6.61. The van der Waals surface area contributed by atoms with Gasteiger partial charge in [0.15, 0.2) is 0 Å². The van der Waals surface area contributed by atoms with E-state index in [4.69, 9.17) is 9.47 Å². The molecule has 1 aromatic rings. The molecule has 0 aliphatic carbocycles. The minimum Gasteiger partial charge on any atom is -0.497 e. The average Bonchev–Trinajstić information content (AvgIpc) is 3.05. The van der Waals surface area contributed by atoms with Crippen molar-refractivity contribution >= 4 is 17.5 Å². The summed E-state index contributed by atoms with van der Waals surface area (Å²) in [6.45, 7) is 4.89. The molecule has 0 unspecified atom stereocenters. The van der Waals surface area contributed by atoms with Crippen LogP contribution in [-0.2, 0) is 14.3 Å². The molecule has 2 amide bonds. The zero-order valence-electron chi connectivity index (χ0n) is 14.6. The number of hydrogen-bond donors (Lipinski definition) is 1. The molecule has 2 rings (SSSR count). The zero-order valence-corrected chi connectivity index (χ0v) is 14.6. The highest BCUT2D eigenvalue weighted by Crippen LogP contribution is 2.21. The number of anilines is 1. The minimum absolute atomic E-state index is 0.0250. The van der Waals surface area contributed by atoms with Crippen molar-refractivity contribution in [3.8, 4) is 5.75 Å². The van der Waals surface area contributed by atoms with E-state index in [1.54, 1.807) is 36.3 Å². The van der Waals surface area contributed by atoms with Gasteiger partial charge in [0, 0.05) is 12.2 Å². The van der Waals surface area contributed by atoms with Gasteiger partial charge in [-0.05, 0) is 51.0 Å². The summed E-state index contributed by atoms with van der Waals surface area (Å²) in [7, 11) is 1.60. The molecule has 1 N–H and O–H groups in total. The molecular weight excluding hydrogens is 308 g/mol. The van der Waals surface area contributed by atoms with E-state index < -0.39 is 6.04 Å². The maximum absolute atomic E-state index is 12.5. The van der Waals surface area contributed by atoms with Gasteiger partial charge in [-0.1, -0.05) is 0 Å². The van der Waals surface area contributed by atoms with Crippen molar-refractivity contribution in [1.82, 2.24) is 4.90 Å². The predicted octanol–water partition coefficient (Wildman–Crippen LogP) is 2.44. The fraction of sp³-hybridized carbons (Fsp3) is 0.556. The van der Waals surface area contributed by atoms with Gasteiger partial charge < -0.3 is 19.7 Å². The minimum atomic E-state index is -0.404. The number of rotatable bonds is 7. The number of carbonyl (C=O) groups excluding carboxylic acids is 2. The molecule has 0 aromatic heterocycles. The molecule has 1 aliphatic heterocycles. The van der Waals surface area contributed by atoms with Gasteiger partial charge in [0.1, 0.15) is 11.8 Å². The molecule has 0 saturated carbocycles. The molecule has 132 valence electrons. The van der Waals surface area contributed by atoms with E-state index in [9.17, 15) is 9.59 Å². The molecule has 6 nitrogen and oxygen atoms in total. The van der Waals surface area contributed by atoms with Crippen LogP contribution >= 0.6 is 0 Å². The highest BCUT2D eigenvalue weighted by Gasteiger charge is 2.33. The Balaban J connectivity index is 1.90. The molecule has 1 atom stereocenters. The van der Waals surface area contributed by atoms with E-state index in [1.165, 1.54) is 0 Å². The summed E-state index contributed by atoms with van der Waals surface area (Å²) in [6, 6.07) is 6.74. The van der Waals surface area contributed by atoms with Crippen molar-refractivity contribution in [3.05, 3.63) is 24.3 Å². The number of carbonyl (C=O) groups is 2. The molecule has 1 aliphatic rings. The number of likely N-dealkylation sites (tertiary alicyclic amines) is 1. The smallest absolute Gasteiger partial charge is 0.247 e. The van der Waals surface area contributed by atoms with Crippen molar-refractivity contribution in [2.24, 2.45) is 0 Å². The van der Waals surface area contributed by atoms with Crippen LogP contribution in [0.4, 0.5) is 5.69 Å². The Labute approximate surface area is 143 Å². The number of ether oxygens (including phenoxy) is 2. The lowest BCUT2D eigenvalue weighted by molar-refractivity contribution is -0.137. The Hall–Kier alpha value is -2.08. The van der Waals surface area contributed by atoms with Crippen molar-refractivity contribution in [2.75, 3.05) is 25.6 Å². The lowest BCUT2D eigenvalue weighted by Crippen LogP contribution is -2.43. The van der Waals surface area contributed by atoms with Crippen LogP contribution in [0.2, 0.25) is 0 Å². The standard InChI is InChI=1S/C18H26N2O4/c1-13(2)24-12-10-17(21)20-11-4-5-16(20)18(22)19-14-6-8-15(23-3)9-7-14/h6-9,13,16H,4-5,10-12H2,1-3H3,(H,19,22)/t16-/m1/s1. The summed E-state index contributed by atoms with van der Waals surface area (Å²) in [4.78, 5) is 26.5. The van der Waals surface area contributed by atoms with Crippen LogP contribution in [0.1, 0.15) is 33.1 Å². The molecule has 1 aromatic carbocycles. The number of benzene rings is 1. The molecule has 0 bridgehead atoms. The fourth-order valence-corrected chi connectivity index (χ4v) is 2.76. The Morgan fingerprint density at radius 2 is 2.00 bits per heavy atom. The molecule has 1 saturated heterocycles. The average molecular weight is 334 g/mol. The molecular formula is C18H26N2O4. The SMILES string of the molecule is COc1ccc(NC(=O)[C@H]2CCCN2C(=O)CCOC(C)C)cc1. The largest absolute Gasteiger partial charge is 0.497 e. The van der Waals surface area contributed by atoms with Crippen LogP contribution in [-0.4, -0.2) is 49.1 Å². The third-order valence-electron chi connectivity index (χ3n) is 4.00. The number of amides is 2. The second-order valence-electron chi connectivity index (χ2n) is 6.13. The van der Waals surface area contributed by atoms with Crippen molar-refractivity contribution in [1.29, 1.82) is 0 Å².